The first-order valence-corrected chi connectivity index (χ1v) is 14.0. The molecule has 0 aromatic heterocycles. The van der Waals surface area contributed by atoms with E-state index in [0.29, 0.717) is 13.0 Å². The number of amides is 1. The Morgan fingerprint density at radius 3 is 2.29 bits per heavy atom. The summed E-state index contributed by atoms with van der Waals surface area (Å²) in [4.78, 5) is 27.1. The summed E-state index contributed by atoms with van der Waals surface area (Å²) in [7, 11) is -2.02. The maximum atomic E-state index is 13.5. The Morgan fingerprint density at radius 1 is 1.16 bits per heavy atom. The molecule has 2 atom stereocenters. The number of carbonyl (C=O) groups is 2. The lowest BCUT2D eigenvalue weighted by atomic mass is 9.81. The van der Waals surface area contributed by atoms with E-state index in [-0.39, 0.29) is 17.5 Å². The van der Waals surface area contributed by atoms with Gasteiger partial charge in [-0.25, -0.2) is 4.79 Å². The van der Waals surface area contributed by atoms with Crippen LogP contribution < -0.4 is 0 Å². The Labute approximate surface area is 188 Å². The second-order valence-electron chi connectivity index (χ2n) is 10.9. The smallest absolute Gasteiger partial charge is 0.411 e. The number of nitrogens with zero attached hydrogens (tertiary/aromatic N) is 1. The van der Waals surface area contributed by atoms with Crippen LogP contribution in [0.1, 0.15) is 59.9 Å². The fraction of sp³-hybridized carbons (Fsp3) is 0.600. The molecule has 0 saturated carbocycles. The first-order valence-electron chi connectivity index (χ1n) is 11.1. The third kappa shape index (κ3) is 5.86. The molecule has 172 valence electrons. The highest BCUT2D eigenvalue weighted by atomic mass is 28.4. The second kappa shape index (κ2) is 9.29. The molecule has 0 fully saturated rings. The van der Waals surface area contributed by atoms with Crippen LogP contribution in [-0.4, -0.2) is 43.8 Å². The SMILES string of the molecule is CC(C)(C)OC(=O)N1[C@@H](CO[Si](C)(C)C(C)(C)C)CC=C[C@@]1(CC=O)c1ccccc1. The van der Waals surface area contributed by atoms with Gasteiger partial charge in [-0.3, -0.25) is 4.90 Å². The molecule has 0 aliphatic carbocycles. The molecule has 2 rings (SSSR count). The summed E-state index contributed by atoms with van der Waals surface area (Å²) in [5, 5.41) is 0.0631. The van der Waals surface area contributed by atoms with Crippen LogP contribution in [0.4, 0.5) is 4.79 Å². The summed E-state index contributed by atoms with van der Waals surface area (Å²) in [6, 6.07) is 9.48. The van der Waals surface area contributed by atoms with E-state index in [1.54, 1.807) is 4.90 Å². The van der Waals surface area contributed by atoms with Crippen molar-refractivity contribution >= 4 is 20.7 Å². The van der Waals surface area contributed by atoms with E-state index >= 15 is 0 Å². The van der Waals surface area contributed by atoms with Crippen LogP contribution in [0.5, 0.6) is 0 Å². The molecule has 5 nitrogen and oxygen atoms in total. The number of ether oxygens (including phenoxy) is 1. The zero-order chi connectivity index (χ0) is 23.5. The second-order valence-corrected chi connectivity index (χ2v) is 15.7. The maximum Gasteiger partial charge on any atom is 0.411 e. The lowest BCUT2D eigenvalue weighted by molar-refractivity contribution is -0.110. The highest BCUT2D eigenvalue weighted by Crippen LogP contribution is 2.41. The topological polar surface area (TPSA) is 55.8 Å². The first-order chi connectivity index (χ1) is 14.2. The third-order valence-electron chi connectivity index (χ3n) is 6.30. The van der Waals surface area contributed by atoms with Crippen LogP contribution in [-0.2, 0) is 19.5 Å². The van der Waals surface area contributed by atoms with Gasteiger partial charge in [0.15, 0.2) is 8.32 Å². The maximum absolute atomic E-state index is 13.5. The molecular formula is C25H39NO4Si. The van der Waals surface area contributed by atoms with Crippen molar-refractivity contribution in [2.75, 3.05) is 6.61 Å². The minimum atomic E-state index is -2.02. The predicted octanol–water partition coefficient (Wildman–Crippen LogP) is 6.06. The van der Waals surface area contributed by atoms with Crippen molar-refractivity contribution in [3.05, 3.63) is 48.0 Å². The van der Waals surface area contributed by atoms with E-state index in [1.807, 2.05) is 57.2 Å². The summed E-state index contributed by atoms with van der Waals surface area (Å²) in [5.74, 6) is 0. The standard InChI is InChI=1S/C25H39NO4Si/c1-23(2,3)30-22(28)26-21(19-29-31(7,8)24(4,5)6)15-12-16-25(26,17-18-27)20-13-10-9-11-14-20/h9-14,16,18,21H,15,17,19H2,1-8H3/t21-,25-/m1/s1. The zero-order valence-electron chi connectivity index (χ0n) is 20.4. The minimum absolute atomic E-state index is 0.0631. The third-order valence-corrected chi connectivity index (χ3v) is 10.8. The number of rotatable bonds is 6. The molecule has 6 heteroatoms. The number of carbonyl (C=O) groups excluding carboxylic acids is 2. The molecule has 1 aliphatic heterocycles. The molecule has 0 unspecified atom stereocenters. The van der Waals surface area contributed by atoms with Crippen LogP contribution in [0.15, 0.2) is 42.5 Å². The summed E-state index contributed by atoms with van der Waals surface area (Å²) < 4.78 is 12.3. The van der Waals surface area contributed by atoms with E-state index in [4.69, 9.17) is 9.16 Å². The Balaban J connectivity index is 2.51. The summed E-state index contributed by atoms with van der Waals surface area (Å²) in [5.41, 5.74) is -0.654. The van der Waals surface area contributed by atoms with Crippen molar-refractivity contribution in [1.29, 1.82) is 0 Å². The molecule has 31 heavy (non-hydrogen) atoms. The number of hydrogen-bond acceptors (Lipinski definition) is 4. The van der Waals surface area contributed by atoms with Gasteiger partial charge < -0.3 is 14.0 Å². The Bertz CT molecular complexity index is 792. The molecule has 0 saturated heterocycles. The van der Waals surface area contributed by atoms with Crippen LogP contribution in [0, 0.1) is 0 Å². The molecule has 0 N–H and O–H groups in total. The van der Waals surface area contributed by atoms with Gasteiger partial charge in [-0.15, -0.1) is 0 Å². The van der Waals surface area contributed by atoms with Crippen LogP contribution in [0.3, 0.4) is 0 Å². The molecule has 1 aromatic carbocycles. The molecule has 1 aliphatic rings. The van der Waals surface area contributed by atoms with E-state index in [9.17, 15) is 9.59 Å². The van der Waals surface area contributed by atoms with Gasteiger partial charge in [0.25, 0.3) is 0 Å². The summed E-state index contributed by atoms with van der Waals surface area (Å²) in [6.07, 6.45) is 5.31. The number of hydrogen-bond donors (Lipinski definition) is 0. The Hall–Kier alpha value is -1.92. The molecule has 0 spiro atoms. The molecule has 0 bridgehead atoms. The lowest BCUT2D eigenvalue weighted by Gasteiger charge is -2.49. The molecule has 0 radical (unpaired) electrons. The van der Waals surface area contributed by atoms with Crippen molar-refractivity contribution in [3.63, 3.8) is 0 Å². The monoisotopic (exact) mass is 445 g/mol. The zero-order valence-corrected chi connectivity index (χ0v) is 21.4. The van der Waals surface area contributed by atoms with Crippen LogP contribution in [0.2, 0.25) is 18.1 Å². The average Bonchev–Trinajstić information content (AvgIpc) is 2.65. The number of aldehydes is 1. The molecule has 1 amide bonds. The van der Waals surface area contributed by atoms with Gasteiger partial charge in [0, 0.05) is 6.42 Å². The van der Waals surface area contributed by atoms with E-state index in [0.717, 1.165) is 11.8 Å². The molecular weight excluding hydrogens is 406 g/mol. The van der Waals surface area contributed by atoms with Gasteiger partial charge in [-0.2, -0.15) is 0 Å². The predicted molar refractivity (Wildman–Crippen MR) is 128 cm³/mol. The fourth-order valence-electron chi connectivity index (χ4n) is 3.59. The minimum Gasteiger partial charge on any atom is -0.444 e. The molecule has 1 heterocycles. The van der Waals surface area contributed by atoms with Crippen molar-refractivity contribution < 1.29 is 18.8 Å². The van der Waals surface area contributed by atoms with Gasteiger partial charge in [-0.05, 0) is 50.9 Å². The van der Waals surface area contributed by atoms with Gasteiger partial charge in [0.2, 0.25) is 0 Å². The lowest BCUT2D eigenvalue weighted by Crippen LogP contribution is -2.58. The van der Waals surface area contributed by atoms with Crippen molar-refractivity contribution in [2.45, 2.75) is 89.7 Å². The van der Waals surface area contributed by atoms with E-state index < -0.39 is 25.6 Å². The van der Waals surface area contributed by atoms with Gasteiger partial charge in [0.1, 0.15) is 11.9 Å². The highest BCUT2D eigenvalue weighted by Gasteiger charge is 2.47. The van der Waals surface area contributed by atoms with E-state index in [2.05, 4.69) is 39.9 Å². The number of benzene rings is 1. The van der Waals surface area contributed by atoms with E-state index in [1.165, 1.54) is 0 Å². The quantitative estimate of drug-likeness (QED) is 0.303. The van der Waals surface area contributed by atoms with Crippen molar-refractivity contribution in [3.8, 4) is 0 Å². The fourth-order valence-corrected chi connectivity index (χ4v) is 4.63. The largest absolute Gasteiger partial charge is 0.444 e. The normalized spacial score (nSPS) is 22.3. The van der Waals surface area contributed by atoms with Crippen LogP contribution in [0.25, 0.3) is 0 Å². The van der Waals surface area contributed by atoms with Crippen LogP contribution >= 0.6 is 0 Å². The molecule has 1 aromatic rings. The first kappa shape index (κ1) is 25.3. The summed E-state index contributed by atoms with van der Waals surface area (Å²) in [6.45, 7) is 17.0. The Kier molecular flexibility index (Phi) is 7.59. The summed E-state index contributed by atoms with van der Waals surface area (Å²) >= 11 is 0. The van der Waals surface area contributed by atoms with Crippen molar-refractivity contribution in [1.82, 2.24) is 4.90 Å². The average molecular weight is 446 g/mol. The highest BCUT2D eigenvalue weighted by molar-refractivity contribution is 6.74. The van der Waals surface area contributed by atoms with Gasteiger partial charge >= 0.3 is 6.09 Å². The van der Waals surface area contributed by atoms with Crippen molar-refractivity contribution in [2.24, 2.45) is 0 Å². The Morgan fingerprint density at radius 2 is 1.77 bits per heavy atom. The van der Waals surface area contributed by atoms with Gasteiger partial charge in [0.05, 0.1) is 18.2 Å². The van der Waals surface area contributed by atoms with Gasteiger partial charge in [-0.1, -0.05) is 63.3 Å².